The third kappa shape index (κ3) is 4.95. The van der Waals surface area contributed by atoms with Crippen LogP contribution in [0.5, 0.6) is 5.75 Å². The SMILES string of the molecule is C=C(C1CCCC1)N1CC[C@@H](c2cn(C)c3ncc(CC(=O)c4ccc(OC)c(C#N)c4)c(C)c23)CC1(C)C. The average Bonchev–Trinajstić information content (AvgIpc) is 3.57. The van der Waals surface area contributed by atoms with Gasteiger partial charge in [0.1, 0.15) is 17.5 Å². The maximum absolute atomic E-state index is 13.3. The van der Waals surface area contributed by atoms with E-state index in [9.17, 15) is 10.1 Å². The lowest BCUT2D eigenvalue weighted by molar-refractivity contribution is 0.0897. The Morgan fingerprint density at radius 3 is 2.67 bits per heavy atom. The first-order valence-electron chi connectivity index (χ1n) is 14.2. The summed E-state index contributed by atoms with van der Waals surface area (Å²) in [6.45, 7) is 12.4. The molecule has 0 amide bonds. The maximum Gasteiger partial charge on any atom is 0.167 e. The Labute approximate surface area is 232 Å². The number of hydrogen-bond donors (Lipinski definition) is 0. The molecule has 2 fully saturated rings. The highest BCUT2D eigenvalue weighted by Crippen LogP contribution is 2.45. The van der Waals surface area contributed by atoms with Gasteiger partial charge >= 0.3 is 0 Å². The van der Waals surface area contributed by atoms with Gasteiger partial charge in [0.2, 0.25) is 0 Å². The van der Waals surface area contributed by atoms with Crippen LogP contribution in [0.2, 0.25) is 0 Å². The van der Waals surface area contributed by atoms with Crippen molar-refractivity contribution in [1.82, 2.24) is 14.5 Å². The molecule has 1 saturated heterocycles. The van der Waals surface area contributed by atoms with Crippen molar-refractivity contribution >= 4 is 16.8 Å². The van der Waals surface area contributed by atoms with E-state index in [1.807, 2.05) is 6.20 Å². The summed E-state index contributed by atoms with van der Waals surface area (Å²) in [7, 11) is 3.59. The zero-order chi connectivity index (χ0) is 27.9. The van der Waals surface area contributed by atoms with Crippen LogP contribution in [0.25, 0.3) is 11.0 Å². The van der Waals surface area contributed by atoms with E-state index in [1.165, 1.54) is 49.4 Å². The number of likely N-dealkylation sites (tertiary alicyclic amines) is 1. The number of carbonyl (C=O) groups excluding carboxylic acids is 1. The van der Waals surface area contributed by atoms with Crippen molar-refractivity contribution in [3.8, 4) is 11.8 Å². The van der Waals surface area contributed by atoms with Gasteiger partial charge in [-0.3, -0.25) is 4.79 Å². The molecule has 1 aliphatic carbocycles. The van der Waals surface area contributed by atoms with Gasteiger partial charge in [-0.15, -0.1) is 0 Å². The highest BCUT2D eigenvalue weighted by molar-refractivity contribution is 5.99. The van der Waals surface area contributed by atoms with Gasteiger partial charge in [0.25, 0.3) is 0 Å². The van der Waals surface area contributed by atoms with Gasteiger partial charge in [-0.25, -0.2) is 4.98 Å². The Kier molecular flexibility index (Phi) is 7.29. The highest BCUT2D eigenvalue weighted by Gasteiger charge is 2.39. The zero-order valence-corrected chi connectivity index (χ0v) is 24.0. The number of nitriles is 1. The van der Waals surface area contributed by atoms with E-state index in [2.05, 4.69) is 56.1 Å². The van der Waals surface area contributed by atoms with Gasteiger partial charge in [-0.2, -0.15) is 5.26 Å². The quantitative estimate of drug-likeness (QED) is 0.316. The van der Waals surface area contributed by atoms with E-state index in [0.717, 1.165) is 36.2 Å². The molecule has 0 bridgehead atoms. The summed E-state index contributed by atoms with van der Waals surface area (Å²) >= 11 is 0. The number of ketones is 1. The zero-order valence-electron chi connectivity index (χ0n) is 24.0. The van der Waals surface area contributed by atoms with Crippen LogP contribution < -0.4 is 4.74 Å². The van der Waals surface area contributed by atoms with Crippen LogP contribution in [0.1, 0.15) is 90.9 Å². The minimum atomic E-state index is -0.0317. The summed E-state index contributed by atoms with van der Waals surface area (Å²) in [6.07, 6.45) is 11.7. The summed E-state index contributed by atoms with van der Waals surface area (Å²) < 4.78 is 7.36. The smallest absolute Gasteiger partial charge is 0.167 e. The number of benzene rings is 1. The fourth-order valence-corrected chi connectivity index (χ4v) is 6.99. The van der Waals surface area contributed by atoms with E-state index >= 15 is 0 Å². The number of allylic oxidation sites excluding steroid dienone is 1. The van der Waals surface area contributed by atoms with E-state index < -0.39 is 0 Å². The fourth-order valence-electron chi connectivity index (χ4n) is 6.99. The molecule has 0 N–H and O–H groups in total. The fraction of sp³-hybridized carbons (Fsp3) is 0.485. The highest BCUT2D eigenvalue weighted by atomic mass is 16.5. The molecule has 2 aromatic heterocycles. The van der Waals surface area contributed by atoms with Crippen LogP contribution in [-0.2, 0) is 13.5 Å². The van der Waals surface area contributed by atoms with E-state index in [1.54, 1.807) is 18.2 Å². The van der Waals surface area contributed by atoms with Crippen molar-refractivity contribution in [2.75, 3.05) is 13.7 Å². The molecule has 6 heteroatoms. The first-order chi connectivity index (χ1) is 18.6. The number of rotatable bonds is 7. The maximum atomic E-state index is 13.3. The number of fused-ring (bicyclic) bond motifs is 1. The van der Waals surface area contributed by atoms with Crippen molar-refractivity contribution in [1.29, 1.82) is 5.26 Å². The first-order valence-corrected chi connectivity index (χ1v) is 14.2. The van der Waals surface area contributed by atoms with Crippen molar-refractivity contribution in [2.24, 2.45) is 13.0 Å². The molecule has 39 heavy (non-hydrogen) atoms. The molecule has 3 aromatic rings. The average molecular weight is 525 g/mol. The number of pyridine rings is 1. The second-order valence-electron chi connectivity index (χ2n) is 12.1. The molecule has 3 heterocycles. The number of nitrogens with zero attached hydrogens (tertiary/aromatic N) is 4. The molecule has 1 aliphatic heterocycles. The monoisotopic (exact) mass is 524 g/mol. The summed E-state index contributed by atoms with van der Waals surface area (Å²) in [4.78, 5) is 20.7. The van der Waals surface area contributed by atoms with Crippen LogP contribution in [-0.4, -0.2) is 39.4 Å². The number of methoxy groups -OCH3 is 1. The molecule has 5 rings (SSSR count). The van der Waals surface area contributed by atoms with Crippen LogP contribution in [0.15, 0.2) is 42.9 Å². The lowest BCUT2D eigenvalue weighted by Crippen LogP contribution is -2.49. The predicted molar refractivity (Wildman–Crippen MR) is 155 cm³/mol. The lowest BCUT2D eigenvalue weighted by Gasteiger charge is -2.49. The molecule has 0 unspecified atom stereocenters. The Balaban J connectivity index is 1.42. The van der Waals surface area contributed by atoms with Gasteiger partial charge in [0, 0.05) is 54.6 Å². The standard InChI is InChI=1S/C33H40N4O2/c1-21-27(16-29(38)24-11-12-30(39-6)26(15-24)18-34)19-35-32-31(21)28(20-36(32)5)25-13-14-37(33(3,4)17-25)22(2)23-9-7-8-10-23/h11-12,15,19-20,23,25H,2,7-10,13-14,16-17H2,1,3-6H3/t25-/m1/s1. The molecule has 1 saturated carbocycles. The van der Waals surface area contributed by atoms with E-state index in [0.29, 0.717) is 28.7 Å². The van der Waals surface area contributed by atoms with Gasteiger partial charge in [0.15, 0.2) is 5.78 Å². The van der Waals surface area contributed by atoms with Gasteiger partial charge in [-0.05, 0) is 93.2 Å². The summed E-state index contributed by atoms with van der Waals surface area (Å²) in [5.74, 6) is 1.50. The normalized spacial score (nSPS) is 19.3. The summed E-state index contributed by atoms with van der Waals surface area (Å²) in [5.41, 5.74) is 6.60. The molecule has 1 aromatic carbocycles. The van der Waals surface area contributed by atoms with Crippen LogP contribution in [0.4, 0.5) is 0 Å². The molecule has 2 aliphatic rings. The van der Waals surface area contributed by atoms with Crippen molar-refractivity contribution in [3.05, 3.63) is 70.7 Å². The minimum absolute atomic E-state index is 0.0317. The lowest BCUT2D eigenvalue weighted by atomic mass is 9.77. The minimum Gasteiger partial charge on any atom is -0.495 e. The Bertz CT molecular complexity index is 1470. The summed E-state index contributed by atoms with van der Waals surface area (Å²) in [6, 6.07) is 7.15. The molecular formula is C33H40N4O2. The van der Waals surface area contributed by atoms with Gasteiger partial charge in [-0.1, -0.05) is 19.4 Å². The third-order valence-corrected chi connectivity index (χ3v) is 9.16. The van der Waals surface area contributed by atoms with Crippen molar-refractivity contribution < 1.29 is 9.53 Å². The van der Waals surface area contributed by atoms with E-state index in [-0.39, 0.29) is 17.7 Å². The topological polar surface area (TPSA) is 71.2 Å². The molecule has 0 spiro atoms. The molecule has 6 nitrogen and oxygen atoms in total. The van der Waals surface area contributed by atoms with Gasteiger partial charge < -0.3 is 14.2 Å². The van der Waals surface area contributed by atoms with Crippen molar-refractivity contribution in [3.63, 3.8) is 0 Å². The number of carbonyl (C=O) groups is 1. The number of aryl methyl sites for hydroxylation is 2. The van der Waals surface area contributed by atoms with Crippen LogP contribution in [0, 0.1) is 24.2 Å². The molecule has 1 atom stereocenters. The third-order valence-electron chi connectivity index (χ3n) is 9.16. The second-order valence-corrected chi connectivity index (χ2v) is 12.1. The Morgan fingerprint density at radius 2 is 2.00 bits per heavy atom. The number of piperidine rings is 1. The van der Waals surface area contributed by atoms with E-state index in [4.69, 9.17) is 9.72 Å². The molecular weight excluding hydrogens is 484 g/mol. The predicted octanol–water partition coefficient (Wildman–Crippen LogP) is 6.85. The number of Topliss-reactive ketones (excluding diaryl/α,β-unsaturated/α-hetero) is 1. The van der Waals surface area contributed by atoms with Crippen molar-refractivity contribution in [2.45, 2.75) is 77.2 Å². The molecule has 0 radical (unpaired) electrons. The van der Waals surface area contributed by atoms with Crippen LogP contribution >= 0.6 is 0 Å². The number of aromatic nitrogens is 2. The second kappa shape index (κ2) is 10.5. The molecule has 204 valence electrons. The Morgan fingerprint density at radius 1 is 1.26 bits per heavy atom. The first kappa shape index (κ1) is 27.0. The van der Waals surface area contributed by atoms with Crippen LogP contribution in [0.3, 0.4) is 0 Å². The number of ether oxygens (including phenoxy) is 1. The Hall–Kier alpha value is -3.59. The largest absolute Gasteiger partial charge is 0.495 e. The van der Waals surface area contributed by atoms with Gasteiger partial charge in [0.05, 0.1) is 12.7 Å². The number of hydrogen-bond acceptors (Lipinski definition) is 5. The summed E-state index contributed by atoms with van der Waals surface area (Å²) in [5, 5.41) is 10.6.